The van der Waals surface area contributed by atoms with Gasteiger partial charge in [-0.1, -0.05) is 55.8 Å². The Bertz CT molecular complexity index is 767. The Labute approximate surface area is 138 Å². The molecule has 3 rings (SSSR count). The molecule has 1 unspecified atom stereocenters. The fraction of sp³-hybridized carbons (Fsp3) is 0.316. The van der Waals surface area contributed by atoms with Crippen LogP contribution in [0.1, 0.15) is 36.0 Å². The van der Waals surface area contributed by atoms with Crippen molar-refractivity contribution < 1.29 is 18.0 Å². The molecule has 1 N–H and O–H groups in total. The lowest BCUT2D eigenvalue weighted by molar-refractivity contribution is -0.138. The summed E-state index contributed by atoms with van der Waals surface area (Å²) in [6, 6.07) is 13.3. The van der Waals surface area contributed by atoms with Crippen LogP contribution in [-0.2, 0) is 11.2 Å². The van der Waals surface area contributed by atoms with Crippen molar-refractivity contribution in [2.45, 2.75) is 31.9 Å². The van der Waals surface area contributed by atoms with Crippen molar-refractivity contribution in [3.05, 3.63) is 59.2 Å². The van der Waals surface area contributed by atoms with Gasteiger partial charge >= 0.3 is 6.18 Å². The van der Waals surface area contributed by atoms with Gasteiger partial charge in [0.2, 0.25) is 5.91 Å². The van der Waals surface area contributed by atoms with E-state index in [0.29, 0.717) is 0 Å². The number of fused-ring (bicyclic) bond motifs is 3. The first-order valence-electron chi connectivity index (χ1n) is 7.98. The van der Waals surface area contributed by atoms with Crippen LogP contribution >= 0.6 is 0 Å². The molecule has 0 saturated carbocycles. The number of hydrogen-bond donors (Lipinski definition) is 1. The number of carbonyl (C=O) groups excluding carboxylic acids is 1. The van der Waals surface area contributed by atoms with Crippen molar-refractivity contribution in [3.8, 4) is 11.1 Å². The molecule has 2 nitrogen and oxygen atoms in total. The van der Waals surface area contributed by atoms with Crippen molar-refractivity contribution in [2.75, 3.05) is 6.54 Å². The Morgan fingerprint density at radius 3 is 2.50 bits per heavy atom. The van der Waals surface area contributed by atoms with Crippen LogP contribution in [0, 0.1) is 0 Å². The Morgan fingerprint density at radius 1 is 1.08 bits per heavy atom. The monoisotopic (exact) mass is 333 g/mol. The molecular weight excluding hydrogens is 315 g/mol. The van der Waals surface area contributed by atoms with Gasteiger partial charge in [0.15, 0.2) is 0 Å². The zero-order chi connectivity index (χ0) is 17.3. The average Bonchev–Trinajstić information content (AvgIpc) is 2.88. The number of nitrogens with one attached hydrogen (secondary N) is 1. The highest BCUT2D eigenvalue weighted by Crippen LogP contribution is 2.46. The quantitative estimate of drug-likeness (QED) is 0.881. The second-order valence-electron chi connectivity index (χ2n) is 5.98. The van der Waals surface area contributed by atoms with Gasteiger partial charge in [-0.2, -0.15) is 13.2 Å². The lowest BCUT2D eigenvalue weighted by Gasteiger charge is -2.17. The number of carbonyl (C=O) groups is 1. The standard InChI is InChI=1S/C19H18F3NO/c1-2-6-12-7-5-10-14-13-8-3-4-9-15(13)17(16(12)14)18(24)23-11-19(20,21)22/h3-5,7-10,17H,2,6,11H2,1H3,(H,23,24). The molecule has 0 fully saturated rings. The van der Waals surface area contributed by atoms with Gasteiger partial charge in [0, 0.05) is 0 Å². The minimum absolute atomic E-state index is 0.595. The summed E-state index contributed by atoms with van der Waals surface area (Å²) in [6.07, 6.45) is -2.72. The first kappa shape index (κ1) is 16.6. The maximum Gasteiger partial charge on any atom is 0.405 e. The lowest BCUT2D eigenvalue weighted by Crippen LogP contribution is -2.37. The molecule has 1 atom stereocenters. The molecular formula is C19H18F3NO. The predicted octanol–water partition coefficient (Wildman–Crippen LogP) is 4.43. The molecule has 1 amide bonds. The van der Waals surface area contributed by atoms with Crippen LogP contribution in [0.5, 0.6) is 0 Å². The molecule has 0 aromatic heterocycles. The van der Waals surface area contributed by atoms with E-state index in [4.69, 9.17) is 0 Å². The van der Waals surface area contributed by atoms with Gasteiger partial charge in [0.25, 0.3) is 0 Å². The SMILES string of the molecule is CCCc1cccc2c1C(C(=O)NCC(F)(F)F)c1ccccc1-2. The number of alkyl halides is 3. The summed E-state index contributed by atoms with van der Waals surface area (Å²) in [7, 11) is 0. The molecule has 0 spiro atoms. The third-order valence-corrected chi connectivity index (χ3v) is 4.29. The maximum atomic E-state index is 12.6. The number of halogens is 3. The topological polar surface area (TPSA) is 29.1 Å². The second kappa shape index (κ2) is 6.30. The number of hydrogen-bond acceptors (Lipinski definition) is 1. The molecule has 2 aromatic carbocycles. The fourth-order valence-electron chi connectivity index (χ4n) is 3.39. The van der Waals surface area contributed by atoms with Gasteiger partial charge in [-0.25, -0.2) is 0 Å². The Morgan fingerprint density at radius 2 is 1.79 bits per heavy atom. The summed E-state index contributed by atoms with van der Waals surface area (Å²) in [5, 5.41) is 2.05. The van der Waals surface area contributed by atoms with Gasteiger partial charge in [-0.05, 0) is 34.2 Å². The van der Waals surface area contributed by atoms with Gasteiger partial charge in [0.1, 0.15) is 6.54 Å². The zero-order valence-corrected chi connectivity index (χ0v) is 13.3. The van der Waals surface area contributed by atoms with Gasteiger partial charge < -0.3 is 5.32 Å². The second-order valence-corrected chi connectivity index (χ2v) is 5.98. The Balaban J connectivity index is 2.05. The van der Waals surface area contributed by atoms with Crippen molar-refractivity contribution in [1.82, 2.24) is 5.32 Å². The lowest BCUT2D eigenvalue weighted by atomic mass is 9.90. The zero-order valence-electron chi connectivity index (χ0n) is 13.3. The first-order chi connectivity index (χ1) is 11.4. The molecule has 5 heteroatoms. The molecule has 0 bridgehead atoms. The van der Waals surface area contributed by atoms with E-state index in [1.165, 1.54) is 0 Å². The van der Waals surface area contributed by atoms with Crippen LogP contribution < -0.4 is 5.32 Å². The van der Waals surface area contributed by atoms with Crippen LogP contribution in [-0.4, -0.2) is 18.6 Å². The highest BCUT2D eigenvalue weighted by Gasteiger charge is 2.37. The van der Waals surface area contributed by atoms with Crippen molar-refractivity contribution in [2.24, 2.45) is 0 Å². The summed E-state index contributed by atoms with van der Waals surface area (Å²) in [4.78, 5) is 12.6. The van der Waals surface area contributed by atoms with E-state index in [2.05, 4.69) is 5.32 Å². The molecule has 126 valence electrons. The van der Waals surface area contributed by atoms with E-state index in [-0.39, 0.29) is 0 Å². The van der Waals surface area contributed by atoms with Crippen LogP contribution in [0.15, 0.2) is 42.5 Å². The number of aryl methyl sites for hydroxylation is 1. The normalized spacial score (nSPS) is 15.8. The summed E-state index contributed by atoms with van der Waals surface area (Å²) in [5.41, 5.74) is 4.52. The van der Waals surface area contributed by atoms with Crippen LogP contribution in [0.2, 0.25) is 0 Å². The Kier molecular flexibility index (Phi) is 4.35. The summed E-state index contributed by atoms with van der Waals surface area (Å²) < 4.78 is 37.4. The third-order valence-electron chi connectivity index (χ3n) is 4.29. The molecule has 1 aliphatic rings. The van der Waals surface area contributed by atoms with Gasteiger partial charge in [0.05, 0.1) is 5.92 Å². The minimum atomic E-state index is -4.42. The molecule has 24 heavy (non-hydrogen) atoms. The van der Waals surface area contributed by atoms with E-state index in [0.717, 1.165) is 40.7 Å². The minimum Gasteiger partial charge on any atom is -0.346 e. The van der Waals surface area contributed by atoms with Gasteiger partial charge in [-0.3, -0.25) is 4.79 Å². The smallest absolute Gasteiger partial charge is 0.346 e. The summed E-state index contributed by atoms with van der Waals surface area (Å²) in [5.74, 6) is -1.27. The van der Waals surface area contributed by atoms with E-state index in [1.54, 1.807) is 0 Å². The number of benzene rings is 2. The molecule has 0 heterocycles. The van der Waals surface area contributed by atoms with E-state index in [9.17, 15) is 18.0 Å². The largest absolute Gasteiger partial charge is 0.405 e. The third kappa shape index (κ3) is 3.03. The van der Waals surface area contributed by atoms with Crippen molar-refractivity contribution in [3.63, 3.8) is 0 Å². The maximum absolute atomic E-state index is 12.6. The van der Waals surface area contributed by atoms with Crippen molar-refractivity contribution >= 4 is 5.91 Å². The highest BCUT2D eigenvalue weighted by atomic mass is 19.4. The Hall–Kier alpha value is -2.30. The van der Waals surface area contributed by atoms with E-state index >= 15 is 0 Å². The molecule has 0 saturated heterocycles. The van der Waals surface area contributed by atoms with Gasteiger partial charge in [-0.15, -0.1) is 0 Å². The summed E-state index contributed by atoms with van der Waals surface area (Å²) >= 11 is 0. The predicted molar refractivity (Wildman–Crippen MR) is 86.8 cm³/mol. The van der Waals surface area contributed by atoms with E-state index in [1.807, 2.05) is 49.4 Å². The highest BCUT2D eigenvalue weighted by molar-refractivity contribution is 5.96. The molecule has 1 aliphatic carbocycles. The fourth-order valence-corrected chi connectivity index (χ4v) is 3.39. The van der Waals surface area contributed by atoms with Crippen LogP contribution in [0.4, 0.5) is 13.2 Å². The molecule has 0 aliphatic heterocycles. The summed E-state index contributed by atoms with van der Waals surface area (Å²) in [6.45, 7) is 0.732. The molecule has 0 radical (unpaired) electrons. The number of rotatable bonds is 4. The average molecular weight is 333 g/mol. The number of amides is 1. The van der Waals surface area contributed by atoms with Crippen molar-refractivity contribution in [1.29, 1.82) is 0 Å². The van der Waals surface area contributed by atoms with Crippen LogP contribution in [0.3, 0.4) is 0 Å². The first-order valence-corrected chi connectivity index (χ1v) is 7.98. The van der Waals surface area contributed by atoms with E-state index < -0.39 is 24.5 Å². The molecule has 2 aromatic rings. The van der Waals surface area contributed by atoms with Crippen LogP contribution in [0.25, 0.3) is 11.1 Å².